The summed E-state index contributed by atoms with van der Waals surface area (Å²) in [5.74, 6) is -0.630. The highest BCUT2D eigenvalue weighted by atomic mass is 19.4. The number of carbonyl (C=O) groups is 1. The number of nitrogens with zero attached hydrogens (tertiary/aromatic N) is 1. The van der Waals surface area contributed by atoms with E-state index in [9.17, 15) is 18.0 Å². The van der Waals surface area contributed by atoms with Crippen molar-refractivity contribution in [2.45, 2.75) is 6.18 Å². The fourth-order valence-electron chi connectivity index (χ4n) is 1.05. The number of halogens is 3. The van der Waals surface area contributed by atoms with Gasteiger partial charge < -0.3 is 10.2 Å². The highest BCUT2D eigenvalue weighted by molar-refractivity contribution is 5.93. The van der Waals surface area contributed by atoms with Crippen LogP contribution in [0.15, 0.2) is 24.3 Å². The molecule has 0 aliphatic carbocycles. The topological polar surface area (TPSA) is 33.5 Å². The van der Waals surface area contributed by atoms with Crippen LogP contribution in [0.25, 0.3) is 4.85 Å². The molecular formula is C10H7F3N2O. The van der Waals surface area contributed by atoms with Gasteiger partial charge in [-0.1, -0.05) is 6.07 Å². The fourth-order valence-corrected chi connectivity index (χ4v) is 1.05. The van der Waals surface area contributed by atoms with E-state index in [4.69, 9.17) is 6.57 Å². The Morgan fingerprint density at radius 1 is 1.44 bits per heavy atom. The maximum absolute atomic E-state index is 12.3. The van der Waals surface area contributed by atoms with E-state index in [1.807, 2.05) is 0 Å². The van der Waals surface area contributed by atoms with Gasteiger partial charge in [-0.05, 0) is 18.2 Å². The predicted octanol–water partition coefficient (Wildman–Crippen LogP) is 2.56. The molecule has 1 aromatic carbocycles. The SMILES string of the molecule is [C-]#[N+]CC(=O)Nc1cccc(C(F)(F)F)c1. The number of rotatable bonds is 2. The van der Waals surface area contributed by atoms with Crippen LogP contribution in [-0.2, 0) is 11.0 Å². The summed E-state index contributed by atoms with van der Waals surface area (Å²) >= 11 is 0. The van der Waals surface area contributed by atoms with Crippen molar-refractivity contribution in [3.63, 3.8) is 0 Å². The predicted molar refractivity (Wildman–Crippen MR) is 51.5 cm³/mol. The van der Waals surface area contributed by atoms with Gasteiger partial charge in [0.15, 0.2) is 0 Å². The standard InChI is InChI=1S/C10H7F3N2O/c1-14-6-9(16)15-8-4-2-3-7(5-8)10(11,12)13/h2-5H,6H2,(H,15,16). The number of nitrogens with one attached hydrogen (secondary N) is 1. The van der Waals surface area contributed by atoms with Crippen LogP contribution in [0.1, 0.15) is 5.56 Å². The second kappa shape index (κ2) is 4.66. The first-order valence-electron chi connectivity index (χ1n) is 4.24. The van der Waals surface area contributed by atoms with E-state index in [0.717, 1.165) is 12.1 Å². The first kappa shape index (κ1) is 12.0. The Balaban J connectivity index is 2.84. The molecule has 0 aromatic heterocycles. The first-order chi connectivity index (χ1) is 7.43. The maximum atomic E-state index is 12.3. The summed E-state index contributed by atoms with van der Waals surface area (Å²) < 4.78 is 36.9. The van der Waals surface area contributed by atoms with Crippen molar-refractivity contribution >= 4 is 11.6 Å². The Morgan fingerprint density at radius 2 is 2.12 bits per heavy atom. The lowest BCUT2D eigenvalue weighted by atomic mass is 10.2. The lowest BCUT2D eigenvalue weighted by Crippen LogP contribution is -2.14. The monoisotopic (exact) mass is 228 g/mol. The van der Waals surface area contributed by atoms with Crippen LogP contribution in [0.2, 0.25) is 0 Å². The molecule has 0 fully saturated rings. The largest absolute Gasteiger partial charge is 0.416 e. The fraction of sp³-hybridized carbons (Fsp3) is 0.200. The van der Waals surface area contributed by atoms with Gasteiger partial charge in [0.1, 0.15) is 0 Å². The molecule has 0 atom stereocenters. The quantitative estimate of drug-likeness (QED) is 0.775. The van der Waals surface area contributed by atoms with Crippen LogP contribution in [0.3, 0.4) is 0 Å². The number of hydrogen-bond donors (Lipinski definition) is 1. The van der Waals surface area contributed by atoms with E-state index in [1.165, 1.54) is 12.1 Å². The molecule has 6 heteroatoms. The average molecular weight is 228 g/mol. The zero-order chi connectivity index (χ0) is 12.2. The van der Waals surface area contributed by atoms with Gasteiger partial charge in [0.2, 0.25) is 0 Å². The Bertz CT molecular complexity index is 434. The minimum atomic E-state index is -4.44. The highest BCUT2D eigenvalue weighted by Gasteiger charge is 2.30. The summed E-state index contributed by atoms with van der Waals surface area (Å²) in [5.41, 5.74) is -0.809. The molecule has 0 spiro atoms. The van der Waals surface area contributed by atoms with Crippen molar-refractivity contribution in [3.05, 3.63) is 41.2 Å². The normalized spacial score (nSPS) is 10.6. The van der Waals surface area contributed by atoms with Crippen molar-refractivity contribution in [1.82, 2.24) is 0 Å². The highest BCUT2D eigenvalue weighted by Crippen LogP contribution is 2.30. The van der Waals surface area contributed by atoms with Gasteiger partial charge in [0.25, 0.3) is 6.54 Å². The van der Waals surface area contributed by atoms with Crippen molar-refractivity contribution in [2.24, 2.45) is 0 Å². The molecule has 0 bridgehead atoms. The molecule has 1 aromatic rings. The lowest BCUT2D eigenvalue weighted by molar-refractivity contribution is -0.137. The molecule has 0 saturated heterocycles. The van der Waals surface area contributed by atoms with Crippen molar-refractivity contribution in [2.75, 3.05) is 11.9 Å². The van der Waals surface area contributed by atoms with Gasteiger partial charge >= 0.3 is 12.1 Å². The molecule has 1 amide bonds. The maximum Gasteiger partial charge on any atom is 0.416 e. The first-order valence-corrected chi connectivity index (χ1v) is 4.24. The van der Waals surface area contributed by atoms with Crippen molar-refractivity contribution in [1.29, 1.82) is 0 Å². The number of carbonyl (C=O) groups excluding carboxylic acids is 1. The minimum Gasteiger partial charge on any atom is -0.320 e. The van der Waals surface area contributed by atoms with E-state index in [-0.39, 0.29) is 5.69 Å². The van der Waals surface area contributed by atoms with Gasteiger partial charge in [-0.25, -0.2) is 6.57 Å². The van der Waals surface area contributed by atoms with E-state index in [0.29, 0.717) is 0 Å². The van der Waals surface area contributed by atoms with Gasteiger partial charge in [-0.15, -0.1) is 0 Å². The van der Waals surface area contributed by atoms with Gasteiger partial charge in [-0.2, -0.15) is 13.2 Å². The number of anilines is 1. The zero-order valence-electron chi connectivity index (χ0n) is 8.01. The Hall–Kier alpha value is -2.03. The summed E-state index contributed by atoms with van der Waals surface area (Å²) in [5, 5.41) is 2.20. The van der Waals surface area contributed by atoms with E-state index < -0.39 is 24.2 Å². The molecule has 0 saturated carbocycles. The third kappa shape index (κ3) is 3.28. The van der Waals surface area contributed by atoms with Crippen LogP contribution in [0.5, 0.6) is 0 Å². The number of amides is 1. The molecule has 0 unspecified atom stereocenters. The van der Waals surface area contributed by atoms with Crippen molar-refractivity contribution < 1.29 is 18.0 Å². The molecule has 0 aliphatic rings. The molecule has 0 aliphatic heterocycles. The molecule has 0 heterocycles. The van der Waals surface area contributed by atoms with Gasteiger partial charge in [0, 0.05) is 5.69 Å². The van der Waals surface area contributed by atoms with Crippen LogP contribution in [-0.4, -0.2) is 12.5 Å². The third-order valence-corrected chi connectivity index (χ3v) is 1.70. The van der Waals surface area contributed by atoms with Crippen LogP contribution in [0, 0.1) is 6.57 Å². The van der Waals surface area contributed by atoms with E-state index in [2.05, 4.69) is 10.2 Å². The number of benzene rings is 1. The summed E-state index contributed by atoms with van der Waals surface area (Å²) in [6.45, 7) is 6.02. The minimum absolute atomic E-state index is 0.0310. The smallest absolute Gasteiger partial charge is 0.320 e. The molecule has 1 N–H and O–H groups in total. The molecular weight excluding hydrogens is 221 g/mol. The molecule has 0 radical (unpaired) electrons. The Kier molecular flexibility index (Phi) is 3.51. The second-order valence-corrected chi connectivity index (χ2v) is 2.94. The Morgan fingerprint density at radius 3 is 2.69 bits per heavy atom. The lowest BCUT2D eigenvalue weighted by Gasteiger charge is -2.08. The number of hydrogen-bond acceptors (Lipinski definition) is 1. The average Bonchev–Trinajstić information content (AvgIpc) is 2.17. The van der Waals surface area contributed by atoms with Crippen LogP contribution in [0.4, 0.5) is 18.9 Å². The summed E-state index contributed by atoms with van der Waals surface area (Å²) in [6, 6.07) is 4.25. The van der Waals surface area contributed by atoms with Crippen LogP contribution < -0.4 is 5.32 Å². The van der Waals surface area contributed by atoms with Gasteiger partial charge in [-0.3, -0.25) is 4.79 Å². The van der Waals surface area contributed by atoms with Gasteiger partial charge in [0.05, 0.1) is 5.56 Å². The molecule has 3 nitrogen and oxygen atoms in total. The molecule has 16 heavy (non-hydrogen) atoms. The summed E-state index contributed by atoms with van der Waals surface area (Å²) in [7, 11) is 0. The number of alkyl halides is 3. The van der Waals surface area contributed by atoms with Crippen LogP contribution >= 0.6 is 0 Å². The summed E-state index contributed by atoms with van der Waals surface area (Å²) in [4.78, 5) is 13.8. The third-order valence-electron chi connectivity index (χ3n) is 1.70. The van der Waals surface area contributed by atoms with E-state index in [1.54, 1.807) is 0 Å². The molecule has 1 rings (SSSR count). The summed E-state index contributed by atoms with van der Waals surface area (Å²) in [6.07, 6.45) is -4.44. The Labute approximate surface area is 89.7 Å². The van der Waals surface area contributed by atoms with Crippen molar-refractivity contribution in [3.8, 4) is 0 Å². The zero-order valence-corrected chi connectivity index (χ0v) is 8.01. The second-order valence-electron chi connectivity index (χ2n) is 2.94. The van der Waals surface area contributed by atoms with E-state index >= 15 is 0 Å². The molecule has 84 valence electrons.